The van der Waals surface area contributed by atoms with Crippen molar-refractivity contribution >= 4 is 16.0 Å². The molecule has 0 aliphatic heterocycles. The fourth-order valence-electron chi connectivity index (χ4n) is 0.705. The second-order valence-corrected chi connectivity index (χ2v) is 4.19. The summed E-state index contributed by atoms with van der Waals surface area (Å²) in [6.45, 7) is -0.452. The van der Waals surface area contributed by atoms with Gasteiger partial charge in [-0.3, -0.25) is 4.79 Å². The predicted molar refractivity (Wildman–Crippen MR) is 45.7 cm³/mol. The summed E-state index contributed by atoms with van der Waals surface area (Å²) >= 11 is 0. The van der Waals surface area contributed by atoms with Gasteiger partial charge in [-0.05, 0) is 6.42 Å². The van der Waals surface area contributed by atoms with Gasteiger partial charge in [-0.2, -0.15) is 9.98 Å². The van der Waals surface area contributed by atoms with Crippen LogP contribution in [0, 0.1) is 11.3 Å². The Bertz CT molecular complexity index is 331. The predicted octanol–water partition coefficient (Wildman–Crippen LogP) is -1.74. The molecule has 0 unspecified atom stereocenters. The highest BCUT2D eigenvalue weighted by atomic mass is 32.2. The average Bonchev–Trinajstić information content (AvgIpc) is 2.02. The molecule has 0 rings (SSSR count). The number of nitriles is 1. The topological polar surface area (TPSA) is 127 Å². The monoisotopic (exact) mass is 222 g/mol. The first-order valence-electron chi connectivity index (χ1n) is 3.63. The van der Waals surface area contributed by atoms with E-state index >= 15 is 0 Å². The normalized spacial score (nSPS) is 13.1. The molecule has 3 N–H and O–H groups in total. The molecule has 0 heterocycles. The van der Waals surface area contributed by atoms with Gasteiger partial charge in [-0.15, -0.1) is 0 Å². The van der Waals surface area contributed by atoms with Gasteiger partial charge in [0.25, 0.3) is 0 Å². The molecule has 8 heteroatoms. The maximum atomic E-state index is 10.9. The van der Waals surface area contributed by atoms with Crippen LogP contribution in [0.2, 0.25) is 0 Å². The summed E-state index contributed by atoms with van der Waals surface area (Å²) in [5, 5.41) is 25.1. The number of carbonyl (C=O) groups is 1. The van der Waals surface area contributed by atoms with Crippen LogP contribution in [0.5, 0.6) is 0 Å². The van der Waals surface area contributed by atoms with E-state index in [1.165, 1.54) is 6.07 Å². The molecule has 0 aliphatic carbocycles. The maximum Gasteiger partial charge on any atom is 0.321 e. The Morgan fingerprint density at radius 1 is 1.57 bits per heavy atom. The van der Waals surface area contributed by atoms with Gasteiger partial charge in [-0.25, -0.2) is 8.42 Å². The Morgan fingerprint density at radius 2 is 2.14 bits per heavy atom. The van der Waals surface area contributed by atoms with Gasteiger partial charge in [0, 0.05) is 6.61 Å². The molecule has 0 bridgehead atoms. The van der Waals surface area contributed by atoms with Crippen molar-refractivity contribution in [1.29, 1.82) is 5.26 Å². The first-order chi connectivity index (χ1) is 6.43. The fourth-order valence-corrected chi connectivity index (χ4v) is 1.61. The number of sulfonamides is 1. The second-order valence-electron chi connectivity index (χ2n) is 2.44. The van der Waals surface area contributed by atoms with E-state index in [4.69, 9.17) is 15.5 Å². The van der Waals surface area contributed by atoms with Crippen LogP contribution in [0.15, 0.2) is 0 Å². The number of nitrogens with one attached hydrogen (secondary N) is 1. The van der Waals surface area contributed by atoms with Gasteiger partial charge in [0.05, 0.1) is 6.07 Å². The summed E-state index contributed by atoms with van der Waals surface area (Å²) in [5.41, 5.74) is 0. The lowest BCUT2D eigenvalue weighted by atomic mass is 10.2. The van der Waals surface area contributed by atoms with Crippen LogP contribution in [-0.4, -0.2) is 43.0 Å². The summed E-state index contributed by atoms with van der Waals surface area (Å²) < 4.78 is 23.7. The molecule has 1 atom stereocenters. The van der Waals surface area contributed by atoms with Crippen molar-refractivity contribution in [2.45, 2.75) is 12.5 Å². The van der Waals surface area contributed by atoms with Gasteiger partial charge in [0.2, 0.25) is 10.0 Å². The third-order valence-corrected chi connectivity index (χ3v) is 2.45. The fraction of sp³-hybridized carbons (Fsp3) is 0.667. The van der Waals surface area contributed by atoms with Gasteiger partial charge < -0.3 is 10.2 Å². The summed E-state index contributed by atoms with van der Waals surface area (Å²) in [6, 6.07) is -0.00194. The third kappa shape index (κ3) is 4.76. The molecule has 0 amide bonds. The minimum atomic E-state index is -3.90. The average molecular weight is 222 g/mol. The van der Waals surface area contributed by atoms with E-state index in [1.54, 1.807) is 4.72 Å². The van der Waals surface area contributed by atoms with Crippen LogP contribution < -0.4 is 4.72 Å². The summed E-state index contributed by atoms with van der Waals surface area (Å²) in [4.78, 5) is 10.5. The van der Waals surface area contributed by atoms with Crippen LogP contribution in [0.1, 0.15) is 6.42 Å². The van der Waals surface area contributed by atoms with Crippen molar-refractivity contribution < 1.29 is 23.4 Å². The molecule has 0 saturated heterocycles. The second kappa shape index (κ2) is 5.54. The molecular formula is C6H10N2O5S. The first-order valence-corrected chi connectivity index (χ1v) is 5.29. The largest absolute Gasteiger partial charge is 0.480 e. The summed E-state index contributed by atoms with van der Waals surface area (Å²) in [6.07, 6.45) is -0.236. The number of aliphatic hydroxyl groups is 1. The smallest absolute Gasteiger partial charge is 0.321 e. The highest BCUT2D eigenvalue weighted by Gasteiger charge is 2.22. The molecule has 0 aromatic heterocycles. The zero-order valence-electron chi connectivity index (χ0n) is 7.17. The standard InChI is InChI=1S/C6H10N2O5S/c7-2-4-14(12,13)8-5(1-3-9)6(10)11/h5,8-9H,1,3-4H2,(H,10,11)/t5-/m0/s1. The molecular weight excluding hydrogens is 212 g/mol. The Balaban J connectivity index is 4.46. The third-order valence-electron chi connectivity index (χ3n) is 1.29. The molecule has 0 spiro atoms. The maximum absolute atomic E-state index is 10.9. The molecule has 0 aromatic rings. The van der Waals surface area contributed by atoms with E-state index in [0.29, 0.717) is 0 Å². The quantitative estimate of drug-likeness (QED) is 0.489. The molecule has 0 saturated carbocycles. The van der Waals surface area contributed by atoms with Crippen molar-refractivity contribution in [1.82, 2.24) is 4.72 Å². The Hall–Kier alpha value is -1.17. The van der Waals surface area contributed by atoms with Gasteiger partial charge in [0.15, 0.2) is 5.75 Å². The highest BCUT2D eigenvalue weighted by Crippen LogP contribution is 1.95. The van der Waals surface area contributed by atoms with Crippen molar-refractivity contribution in [2.75, 3.05) is 12.4 Å². The number of hydrogen-bond acceptors (Lipinski definition) is 5. The molecule has 14 heavy (non-hydrogen) atoms. The minimum Gasteiger partial charge on any atom is -0.480 e. The molecule has 0 aromatic carbocycles. The number of aliphatic hydroxyl groups excluding tert-OH is 1. The molecule has 7 nitrogen and oxygen atoms in total. The number of hydrogen-bond donors (Lipinski definition) is 3. The van der Waals surface area contributed by atoms with Crippen molar-refractivity contribution in [3.8, 4) is 6.07 Å². The molecule has 0 aliphatic rings. The van der Waals surface area contributed by atoms with E-state index in [2.05, 4.69) is 0 Å². The lowest BCUT2D eigenvalue weighted by molar-refractivity contribution is -0.139. The lowest BCUT2D eigenvalue weighted by Crippen LogP contribution is -2.42. The number of rotatable bonds is 6. The van der Waals surface area contributed by atoms with Crippen molar-refractivity contribution in [3.05, 3.63) is 0 Å². The van der Waals surface area contributed by atoms with Gasteiger partial charge >= 0.3 is 5.97 Å². The van der Waals surface area contributed by atoms with E-state index in [0.717, 1.165) is 0 Å². The van der Waals surface area contributed by atoms with Crippen molar-refractivity contribution in [3.63, 3.8) is 0 Å². The minimum absolute atomic E-state index is 0.236. The van der Waals surface area contributed by atoms with Crippen LogP contribution in [0.4, 0.5) is 0 Å². The molecule has 80 valence electrons. The lowest BCUT2D eigenvalue weighted by Gasteiger charge is -2.11. The molecule has 0 fully saturated rings. The van der Waals surface area contributed by atoms with Gasteiger partial charge in [0.1, 0.15) is 6.04 Å². The Kier molecular flexibility index (Phi) is 5.07. The summed E-state index contributed by atoms with van der Waals surface area (Å²) in [5.74, 6) is -2.19. The number of carboxylic acid groups (broad SMARTS) is 1. The highest BCUT2D eigenvalue weighted by molar-refractivity contribution is 7.89. The Labute approximate surface area is 81.0 Å². The van der Waals surface area contributed by atoms with Crippen LogP contribution in [-0.2, 0) is 14.8 Å². The zero-order chi connectivity index (χ0) is 11.2. The van der Waals surface area contributed by atoms with E-state index in [1.807, 2.05) is 0 Å². The SMILES string of the molecule is N#CCS(=O)(=O)N[C@@H](CCO)C(=O)O. The van der Waals surface area contributed by atoms with Crippen LogP contribution >= 0.6 is 0 Å². The number of aliphatic carboxylic acids is 1. The van der Waals surface area contributed by atoms with Crippen molar-refractivity contribution in [2.24, 2.45) is 0 Å². The van der Waals surface area contributed by atoms with Crippen LogP contribution in [0.3, 0.4) is 0 Å². The van der Waals surface area contributed by atoms with Crippen LogP contribution in [0.25, 0.3) is 0 Å². The van der Waals surface area contributed by atoms with E-state index in [9.17, 15) is 13.2 Å². The number of nitrogens with zero attached hydrogens (tertiary/aromatic N) is 1. The van der Waals surface area contributed by atoms with Gasteiger partial charge in [-0.1, -0.05) is 0 Å². The zero-order valence-corrected chi connectivity index (χ0v) is 7.99. The number of carboxylic acids is 1. The first kappa shape index (κ1) is 12.8. The summed E-state index contributed by atoms with van der Waals surface area (Å²) in [7, 11) is -3.90. The Morgan fingerprint density at radius 3 is 2.50 bits per heavy atom. The molecule has 0 radical (unpaired) electrons. The van der Waals surface area contributed by atoms with E-state index in [-0.39, 0.29) is 6.42 Å². The van der Waals surface area contributed by atoms with E-state index < -0.39 is 34.4 Å².